The summed E-state index contributed by atoms with van der Waals surface area (Å²) in [6, 6.07) is 14.9. The number of hydrogen-bond donors (Lipinski definition) is 1. The highest BCUT2D eigenvalue weighted by molar-refractivity contribution is 9.10. The lowest BCUT2D eigenvalue weighted by Crippen LogP contribution is -2.43. The molecule has 0 unspecified atom stereocenters. The largest absolute Gasteiger partial charge is 0.327 e. The van der Waals surface area contributed by atoms with Crippen LogP contribution in [0.3, 0.4) is 0 Å². The van der Waals surface area contributed by atoms with Crippen LogP contribution in [0.15, 0.2) is 53.0 Å². The maximum absolute atomic E-state index is 13.1. The minimum absolute atomic E-state index is 0.0219. The second-order valence-corrected chi connectivity index (χ2v) is 10.8. The molecule has 2 aromatic carbocycles. The molecule has 1 aromatic heterocycles. The molecule has 0 spiro atoms. The zero-order valence-electron chi connectivity index (χ0n) is 18.3. The van der Waals surface area contributed by atoms with Gasteiger partial charge in [0.25, 0.3) is 5.91 Å². The quantitative estimate of drug-likeness (QED) is 0.500. The predicted octanol–water partition coefficient (Wildman–Crippen LogP) is 5.51. The van der Waals surface area contributed by atoms with E-state index < -0.39 is 6.04 Å². The third-order valence-electron chi connectivity index (χ3n) is 5.54. The first-order valence-corrected chi connectivity index (χ1v) is 12.1. The molecule has 0 saturated carbocycles. The lowest BCUT2D eigenvalue weighted by molar-refractivity contribution is -0.119. The number of hydrogen-bond acceptors (Lipinski definition) is 5. The van der Waals surface area contributed by atoms with Gasteiger partial charge in [0, 0.05) is 22.1 Å². The van der Waals surface area contributed by atoms with Gasteiger partial charge in [-0.3, -0.25) is 14.9 Å². The summed E-state index contributed by atoms with van der Waals surface area (Å²) >= 11 is 4.77. The molecule has 166 valence electrons. The molecule has 8 heteroatoms. The maximum Gasteiger partial charge on any atom is 0.254 e. The summed E-state index contributed by atoms with van der Waals surface area (Å²) in [5.41, 5.74) is 2.72. The van der Waals surface area contributed by atoms with Crippen LogP contribution in [0.5, 0.6) is 0 Å². The van der Waals surface area contributed by atoms with Crippen molar-refractivity contribution >= 4 is 44.2 Å². The highest BCUT2D eigenvalue weighted by Gasteiger charge is 2.35. The molecule has 32 heavy (non-hydrogen) atoms. The Labute approximate surface area is 200 Å². The van der Waals surface area contributed by atoms with Crippen molar-refractivity contribution in [3.8, 4) is 10.6 Å². The lowest BCUT2D eigenvalue weighted by Gasteiger charge is -2.24. The van der Waals surface area contributed by atoms with Gasteiger partial charge in [0.2, 0.25) is 11.0 Å². The SMILES string of the molecule is CC(C)(C)c1ccc(C(=O)N2CCC[C@H]2C(=O)Nc2nnc(-c3cccc(Br)c3)s2)cc1. The number of likely N-dealkylation sites (tertiary alicyclic amines) is 1. The Bertz CT molecular complexity index is 1140. The molecule has 1 fully saturated rings. The number of benzene rings is 2. The molecular weight excluding hydrogens is 488 g/mol. The third-order valence-corrected chi connectivity index (χ3v) is 6.92. The van der Waals surface area contributed by atoms with E-state index in [0.717, 1.165) is 21.5 Å². The fourth-order valence-electron chi connectivity index (χ4n) is 3.76. The minimum Gasteiger partial charge on any atom is -0.327 e. The van der Waals surface area contributed by atoms with Crippen LogP contribution in [0.4, 0.5) is 5.13 Å². The molecule has 1 aliphatic rings. The van der Waals surface area contributed by atoms with Gasteiger partial charge in [-0.1, -0.05) is 72.3 Å². The normalized spacial score (nSPS) is 16.2. The van der Waals surface area contributed by atoms with Crippen molar-refractivity contribution in [1.82, 2.24) is 15.1 Å². The zero-order chi connectivity index (χ0) is 22.9. The molecule has 6 nitrogen and oxygen atoms in total. The summed E-state index contributed by atoms with van der Waals surface area (Å²) in [4.78, 5) is 27.7. The van der Waals surface area contributed by atoms with E-state index in [-0.39, 0.29) is 17.2 Å². The van der Waals surface area contributed by atoms with E-state index >= 15 is 0 Å². The van der Waals surface area contributed by atoms with Gasteiger partial charge in [0.05, 0.1) is 0 Å². The zero-order valence-corrected chi connectivity index (χ0v) is 20.7. The molecule has 2 amide bonds. The number of aromatic nitrogens is 2. The monoisotopic (exact) mass is 512 g/mol. The Hall–Kier alpha value is -2.58. The first-order chi connectivity index (χ1) is 15.2. The Morgan fingerprint density at radius 3 is 2.56 bits per heavy atom. The second-order valence-electron chi connectivity index (χ2n) is 8.90. The smallest absolute Gasteiger partial charge is 0.254 e. The summed E-state index contributed by atoms with van der Waals surface area (Å²) in [7, 11) is 0. The molecule has 1 saturated heterocycles. The first kappa shape index (κ1) is 22.6. The number of carbonyl (C=O) groups excluding carboxylic acids is 2. The number of rotatable bonds is 4. The van der Waals surface area contributed by atoms with E-state index in [2.05, 4.69) is 52.2 Å². The highest BCUT2D eigenvalue weighted by atomic mass is 79.9. The number of anilines is 1. The van der Waals surface area contributed by atoms with Gasteiger partial charge in [-0.25, -0.2) is 0 Å². The van der Waals surface area contributed by atoms with Crippen LogP contribution in [-0.2, 0) is 10.2 Å². The summed E-state index contributed by atoms with van der Waals surface area (Å²) in [6.45, 7) is 6.98. The molecule has 1 aliphatic heterocycles. The van der Waals surface area contributed by atoms with E-state index in [1.165, 1.54) is 16.9 Å². The third kappa shape index (κ3) is 4.91. The molecule has 3 aromatic rings. The predicted molar refractivity (Wildman–Crippen MR) is 131 cm³/mol. The van der Waals surface area contributed by atoms with E-state index in [4.69, 9.17) is 0 Å². The van der Waals surface area contributed by atoms with Crippen molar-refractivity contribution in [1.29, 1.82) is 0 Å². The summed E-state index contributed by atoms with van der Waals surface area (Å²) in [5.74, 6) is -0.339. The Balaban J connectivity index is 1.45. The number of nitrogens with one attached hydrogen (secondary N) is 1. The van der Waals surface area contributed by atoms with E-state index in [0.29, 0.717) is 23.7 Å². The average Bonchev–Trinajstić information content (AvgIpc) is 3.42. The standard InChI is InChI=1S/C24H25BrN4O2S/c1-24(2,3)17-11-9-15(10-12-17)22(31)29-13-5-8-19(29)20(30)26-23-28-27-21(32-23)16-6-4-7-18(25)14-16/h4,6-7,9-12,14,19H,5,8,13H2,1-3H3,(H,26,28,30)/t19-/m0/s1. The molecule has 0 bridgehead atoms. The Morgan fingerprint density at radius 1 is 1.12 bits per heavy atom. The molecule has 1 atom stereocenters. The fourth-order valence-corrected chi connectivity index (χ4v) is 4.90. The fraction of sp³-hybridized carbons (Fsp3) is 0.333. The second kappa shape index (κ2) is 9.11. The minimum atomic E-state index is -0.511. The van der Waals surface area contributed by atoms with E-state index in [1.807, 2.05) is 48.5 Å². The van der Waals surface area contributed by atoms with Crippen LogP contribution >= 0.6 is 27.3 Å². The lowest BCUT2D eigenvalue weighted by atomic mass is 9.86. The van der Waals surface area contributed by atoms with Gasteiger partial charge in [-0.05, 0) is 48.1 Å². The van der Waals surface area contributed by atoms with Gasteiger partial charge in [0.15, 0.2) is 0 Å². The van der Waals surface area contributed by atoms with Crippen LogP contribution in [-0.4, -0.2) is 39.5 Å². The number of carbonyl (C=O) groups is 2. The summed E-state index contributed by atoms with van der Waals surface area (Å²) in [5, 5.41) is 12.3. The van der Waals surface area contributed by atoms with Crippen LogP contribution in [0.2, 0.25) is 0 Å². The van der Waals surface area contributed by atoms with Crippen molar-refractivity contribution in [3.63, 3.8) is 0 Å². The first-order valence-electron chi connectivity index (χ1n) is 10.5. The van der Waals surface area contributed by atoms with E-state index in [1.54, 1.807) is 4.90 Å². The van der Waals surface area contributed by atoms with Crippen LogP contribution in [0.25, 0.3) is 10.6 Å². The molecule has 0 radical (unpaired) electrons. The van der Waals surface area contributed by atoms with Gasteiger partial charge < -0.3 is 4.90 Å². The van der Waals surface area contributed by atoms with Gasteiger partial charge >= 0.3 is 0 Å². The molecular formula is C24H25BrN4O2S. The van der Waals surface area contributed by atoms with Gasteiger partial charge in [-0.2, -0.15) is 0 Å². The maximum atomic E-state index is 13.1. The van der Waals surface area contributed by atoms with Crippen molar-refractivity contribution in [2.24, 2.45) is 0 Å². The topological polar surface area (TPSA) is 75.2 Å². The number of halogens is 1. The average molecular weight is 513 g/mol. The van der Waals surface area contributed by atoms with Crippen molar-refractivity contribution in [2.45, 2.75) is 45.1 Å². The Kier molecular flexibility index (Phi) is 6.44. The Morgan fingerprint density at radius 2 is 1.88 bits per heavy atom. The molecule has 1 N–H and O–H groups in total. The van der Waals surface area contributed by atoms with Crippen LogP contribution in [0.1, 0.15) is 49.5 Å². The summed E-state index contributed by atoms with van der Waals surface area (Å²) < 4.78 is 0.950. The molecule has 2 heterocycles. The van der Waals surface area contributed by atoms with Crippen molar-refractivity contribution in [3.05, 3.63) is 64.1 Å². The number of amides is 2. The van der Waals surface area contributed by atoms with Gasteiger partial charge in [-0.15, -0.1) is 10.2 Å². The van der Waals surface area contributed by atoms with Crippen molar-refractivity contribution in [2.75, 3.05) is 11.9 Å². The molecule has 4 rings (SSSR count). The number of nitrogens with zero attached hydrogens (tertiary/aromatic N) is 3. The van der Waals surface area contributed by atoms with E-state index in [9.17, 15) is 9.59 Å². The van der Waals surface area contributed by atoms with Gasteiger partial charge in [0.1, 0.15) is 11.0 Å². The van der Waals surface area contributed by atoms with Crippen molar-refractivity contribution < 1.29 is 9.59 Å². The highest BCUT2D eigenvalue weighted by Crippen LogP contribution is 2.29. The summed E-state index contributed by atoms with van der Waals surface area (Å²) in [6.07, 6.45) is 1.43. The van der Waals surface area contributed by atoms with Crippen LogP contribution < -0.4 is 5.32 Å². The van der Waals surface area contributed by atoms with Crippen LogP contribution in [0, 0.1) is 0 Å². The molecule has 0 aliphatic carbocycles.